The number of likely N-dealkylation sites (N-methyl/N-ethyl adjacent to an activating group) is 3. The molecule has 37 heteroatoms. The van der Waals surface area contributed by atoms with Crippen LogP contribution in [0.5, 0.6) is 0 Å². The van der Waals surface area contributed by atoms with E-state index in [1.54, 1.807) is 18.6 Å². The van der Waals surface area contributed by atoms with Gasteiger partial charge in [0.05, 0.1) is 149 Å². The van der Waals surface area contributed by atoms with E-state index in [9.17, 15) is 69.5 Å². The molecule has 138 heavy (non-hydrogen) atoms. The van der Waals surface area contributed by atoms with Gasteiger partial charge in [0, 0.05) is 119 Å². The van der Waals surface area contributed by atoms with Gasteiger partial charge in [-0.25, -0.2) is 0 Å². The van der Waals surface area contributed by atoms with E-state index in [0.717, 1.165) is 118 Å². The van der Waals surface area contributed by atoms with Crippen LogP contribution in [-0.4, -0.2) is 262 Å². The zero-order valence-corrected chi connectivity index (χ0v) is 80.3. The minimum absolute atomic E-state index is 0.0269. The second-order valence-corrected chi connectivity index (χ2v) is 36.6. The first-order valence-electron chi connectivity index (χ1n) is 47.0. The van der Waals surface area contributed by atoms with Crippen LogP contribution in [0.1, 0.15) is 109 Å². The number of amides is 5. The number of carbonyl (C=O) groups is 9. The van der Waals surface area contributed by atoms with Crippen molar-refractivity contribution in [2.45, 2.75) is 157 Å². The van der Waals surface area contributed by atoms with Crippen LogP contribution >= 0.6 is 12.6 Å². The number of fused-ring (bicyclic) bond motifs is 3. The number of thiol groups is 1. The maximum Gasteiger partial charge on any atom is 0.416 e. The summed E-state index contributed by atoms with van der Waals surface area (Å²) in [6, 6.07) is 41.0. The van der Waals surface area contributed by atoms with Gasteiger partial charge in [-0.05, 0) is 171 Å². The van der Waals surface area contributed by atoms with E-state index >= 15 is 0 Å². The highest BCUT2D eigenvalue weighted by atomic mass is 32.1. The molecule has 750 valence electrons. The molecule has 0 saturated heterocycles. The lowest BCUT2D eigenvalue weighted by molar-refractivity contribution is -0.907. The molecule has 9 rings (SSSR count). The van der Waals surface area contributed by atoms with E-state index in [1.165, 1.54) is 24.3 Å². The number of ketones is 4. The summed E-state index contributed by atoms with van der Waals surface area (Å²) in [5.41, 5.74) is 63.8. The highest BCUT2D eigenvalue weighted by Gasteiger charge is 2.36. The van der Waals surface area contributed by atoms with Gasteiger partial charge in [-0.1, -0.05) is 109 Å². The van der Waals surface area contributed by atoms with Gasteiger partial charge in [0.15, 0.2) is 23.9 Å². The van der Waals surface area contributed by atoms with Crippen molar-refractivity contribution < 1.29 is 82.9 Å². The average molecular weight is 1940 g/mol. The lowest BCUT2D eigenvalue weighted by Gasteiger charge is -2.34. The normalized spacial score (nSPS) is 13.7. The number of Topliss-reactive ketones (excluding diaryl/α,β-unsaturated/α-hetero) is 4. The topological polar surface area (TPSA) is 513 Å². The van der Waals surface area contributed by atoms with Gasteiger partial charge in [-0.3, -0.25) is 58.1 Å². The van der Waals surface area contributed by atoms with E-state index in [4.69, 9.17) is 57.3 Å². The van der Waals surface area contributed by atoms with Crippen LogP contribution in [0.4, 0.5) is 26.3 Å². The maximum absolute atomic E-state index is 13.6. The number of pyridine rings is 3. The smallest absolute Gasteiger partial charge is 0.355 e. The summed E-state index contributed by atoms with van der Waals surface area (Å²) in [5.74, 6) is -3.82. The van der Waals surface area contributed by atoms with Crippen LogP contribution in [-0.2, 0) is 94.0 Å². The van der Waals surface area contributed by atoms with Crippen LogP contribution in [0.3, 0.4) is 0 Å². The van der Waals surface area contributed by atoms with E-state index in [1.807, 2.05) is 128 Å². The van der Waals surface area contributed by atoms with Crippen LogP contribution in [0, 0.1) is 5.92 Å². The average Bonchev–Trinajstić information content (AvgIpc) is 0.841. The molecular weight excluding hydrogens is 1800 g/mol. The summed E-state index contributed by atoms with van der Waals surface area (Å²) in [6.07, 6.45) is 0.622. The van der Waals surface area contributed by atoms with E-state index in [-0.39, 0.29) is 98.1 Å². The molecule has 3 heterocycles. The predicted molar refractivity (Wildman–Crippen MR) is 531 cm³/mol. The van der Waals surface area contributed by atoms with Crippen molar-refractivity contribution in [1.82, 2.24) is 41.5 Å². The number of hydrogen-bond acceptors (Lipinski definition) is 23. The molecule has 0 bridgehead atoms. The Kier molecular flexibility index (Phi) is 47.5. The molecule has 0 aliphatic heterocycles. The summed E-state index contributed by atoms with van der Waals surface area (Å²) in [7, 11) is 6.11. The standard InChI is InChI=1S/C35H49F3N8O3.C34H45F3N6O3S.C32H45N7O3/c1-46(18-14-39,19-15-40)17-5-8-28(41)33(48)43-16-4-7-29(42)34(49)45-31(21-24-10-12-27(13-11-24)35(36,37)38)32(47)22-25-20-26-6-2-3-9-30(26)44-23-25;1-43(15-12-38,16-13-39)14-4-6-28(40)31(44)20-26(22-47)33(46)42-30(18-23-8-10-27(11-9-23)34(35,36)37)32(45)19-24-17-25-5-2-3-7-29(25)41-21-24;1-39(18-15-33,19-16-34)23-31(41)36-17-7-11-27(35)32(42)38-29(14-13-24-8-3-2-4-9-24)30(40)21-25-20-26-10-5-6-12-28(26)37-22-25/h2-3,6,9-13,20,23,28-29,31H,4-5,7-8,14-19,21-22,39-42H2,1H3,(H-,43,45,48,49);2-3,5,7-11,17,21,26,28,30H,4,6,12-16,18-20,22,38-40H2,1H3,(H-,42,46,47);2-6,8-10,12,20,22,27,29H,7,11,13-19,21,23,33-35H2,1H3,(H-,36,38,41,42)/p+3/t28-,29-,31-;26-,28+,30+;27-,29+/m010/s1. The quantitative estimate of drug-likeness (QED) is 0.00911. The zero-order valence-electron chi connectivity index (χ0n) is 79.4. The number of benzene rings is 6. The number of para-hydroxylation sites is 3. The molecule has 0 aliphatic rings. The molecule has 8 atom stereocenters. The molecule has 6 aromatic carbocycles. The molecular formula is C101H142F6N21O9S+3. The van der Waals surface area contributed by atoms with Crippen LogP contribution < -0.4 is 83.9 Å². The van der Waals surface area contributed by atoms with Crippen molar-refractivity contribution in [3.8, 4) is 0 Å². The van der Waals surface area contributed by atoms with E-state index < -0.39 is 83.5 Å². The summed E-state index contributed by atoms with van der Waals surface area (Å²) in [4.78, 5) is 131. The monoisotopic (exact) mass is 1940 g/mol. The summed E-state index contributed by atoms with van der Waals surface area (Å²) in [5, 5.41) is 16.7. The number of rotatable bonds is 57. The number of nitrogens with zero attached hydrogens (tertiary/aromatic N) is 6. The molecule has 25 N–H and O–H groups in total. The van der Waals surface area contributed by atoms with Gasteiger partial charge in [-0.15, -0.1) is 0 Å². The highest BCUT2D eigenvalue weighted by molar-refractivity contribution is 7.80. The minimum atomic E-state index is -4.51. The summed E-state index contributed by atoms with van der Waals surface area (Å²) in [6.45, 7) is 9.99. The van der Waals surface area contributed by atoms with Gasteiger partial charge in [-0.2, -0.15) is 39.0 Å². The second-order valence-electron chi connectivity index (χ2n) is 36.3. The van der Waals surface area contributed by atoms with Crippen LogP contribution in [0.25, 0.3) is 32.7 Å². The van der Waals surface area contributed by atoms with E-state index in [2.05, 4.69) is 68.3 Å². The van der Waals surface area contributed by atoms with Gasteiger partial charge in [0.1, 0.15) is 5.78 Å². The molecule has 5 amide bonds. The number of carbonyl (C=O) groups excluding carboxylic acids is 9. The number of halogens is 6. The van der Waals surface area contributed by atoms with Crippen molar-refractivity contribution >= 4 is 98.0 Å². The lowest BCUT2D eigenvalue weighted by atomic mass is 9.94. The van der Waals surface area contributed by atoms with Crippen molar-refractivity contribution in [2.24, 2.45) is 63.3 Å². The van der Waals surface area contributed by atoms with Crippen molar-refractivity contribution in [1.29, 1.82) is 0 Å². The predicted octanol–water partition coefficient (Wildman–Crippen LogP) is 5.91. The number of hydrogen-bond donors (Lipinski definition) is 16. The fourth-order valence-electron chi connectivity index (χ4n) is 16.4. The molecule has 9 aromatic rings. The zero-order chi connectivity index (χ0) is 101. The molecule has 3 aromatic heterocycles. The van der Waals surface area contributed by atoms with Crippen molar-refractivity contribution in [3.05, 3.63) is 233 Å². The van der Waals surface area contributed by atoms with E-state index in [0.29, 0.717) is 148 Å². The minimum Gasteiger partial charge on any atom is -0.355 e. The second kappa shape index (κ2) is 57.5. The SMILES string of the molecule is C[N+](CCN)(CCN)CC(=O)NCCC[C@H](N)C(=O)N[C@H](CCc1ccccc1)C(=O)Cc1cnc2ccccc2c1.C[N+](CCN)(CCN)CCC[C@H](N)C(=O)C[C@H](CS)C(=O)N[C@@H](Cc1ccc(C(F)(F)F)cc1)C(=O)Cc1cnc2ccccc2c1.C[N+](CCN)(CCN)CCC[C@H](N)C(=O)NCCC[C@H](N)C(=O)N[C@@H](Cc1ccc(C(F)(F)F)cc1)C(=O)Cc1cnc2ccccc2c1. The molecule has 30 nitrogen and oxygen atoms in total. The Labute approximate surface area is 810 Å². The van der Waals surface area contributed by atoms with Crippen LogP contribution in [0.15, 0.2) is 188 Å². The first kappa shape index (κ1) is 114. The Morgan fingerprint density at radius 2 is 0.703 bits per heavy atom. The Hall–Kier alpha value is -11.0. The van der Waals surface area contributed by atoms with Gasteiger partial charge in [0.25, 0.3) is 5.91 Å². The number of nitrogens with two attached hydrogens (primary N) is 10. The van der Waals surface area contributed by atoms with Gasteiger partial charge >= 0.3 is 12.4 Å². The first-order chi connectivity index (χ1) is 65.7. The summed E-state index contributed by atoms with van der Waals surface area (Å²) < 4.78 is 80.6. The Balaban J connectivity index is 0.000000283. The van der Waals surface area contributed by atoms with Gasteiger partial charge in [0.2, 0.25) is 23.6 Å². The molecule has 0 unspecified atom stereocenters. The molecule has 0 aliphatic carbocycles. The number of nitrogens with one attached hydrogen (secondary N) is 5. The van der Waals surface area contributed by atoms with Crippen molar-refractivity contribution in [2.75, 3.05) is 138 Å². The third-order valence-corrected chi connectivity index (χ3v) is 25.1. The number of quaternary nitrogens is 3. The highest BCUT2D eigenvalue weighted by Crippen LogP contribution is 2.32. The Morgan fingerprint density at radius 1 is 0.362 bits per heavy atom. The molecule has 0 fully saturated rings. The largest absolute Gasteiger partial charge is 0.416 e. The third kappa shape index (κ3) is 39.3. The van der Waals surface area contributed by atoms with Gasteiger partial charge < -0.3 is 97.4 Å². The molecule has 0 spiro atoms. The van der Waals surface area contributed by atoms with Crippen molar-refractivity contribution in [3.63, 3.8) is 0 Å². The lowest BCUT2D eigenvalue weighted by Crippen LogP contribution is -2.55. The number of aryl methyl sites for hydroxylation is 1. The number of aromatic nitrogens is 3. The summed E-state index contributed by atoms with van der Waals surface area (Å²) >= 11 is 4.30. The Bertz CT molecular complexity index is 5330. The maximum atomic E-state index is 13.6. The molecule has 0 saturated carbocycles. The Morgan fingerprint density at radius 3 is 1.09 bits per heavy atom. The fourth-order valence-corrected chi connectivity index (χ4v) is 16.6. The number of alkyl halides is 6. The molecule has 0 radical (unpaired) electrons. The van der Waals surface area contributed by atoms with Crippen LogP contribution in [0.2, 0.25) is 0 Å². The third-order valence-electron chi connectivity index (χ3n) is 24.6. The first-order valence-corrected chi connectivity index (χ1v) is 47.7. The fraction of sp³-hybridized carbons (Fsp3) is 0.465.